The Kier molecular flexibility index (Phi) is 3.81. The molecule has 2 aliphatic rings. The third kappa shape index (κ3) is 2.34. The summed E-state index contributed by atoms with van der Waals surface area (Å²) in [5.41, 5.74) is 5.99. The van der Waals surface area contributed by atoms with Gasteiger partial charge in [0.2, 0.25) is 0 Å². The topological polar surface area (TPSA) is 46.2 Å². The molecule has 2 aliphatic carbocycles. The lowest BCUT2D eigenvalue weighted by atomic mass is 9.59. The quantitative estimate of drug-likeness (QED) is 0.791. The van der Waals surface area contributed by atoms with Crippen molar-refractivity contribution in [3.63, 3.8) is 0 Å². The molecule has 0 atom stereocenters. The van der Waals surface area contributed by atoms with Gasteiger partial charge >= 0.3 is 0 Å². The maximum absolute atomic E-state index is 11.1. The lowest BCUT2D eigenvalue weighted by molar-refractivity contribution is -0.117. The van der Waals surface area contributed by atoms with Gasteiger partial charge in [0.1, 0.15) is 0 Å². The molecule has 0 aromatic heterocycles. The predicted molar refractivity (Wildman–Crippen MR) is 76.3 cm³/mol. The van der Waals surface area contributed by atoms with Gasteiger partial charge in [-0.15, -0.1) is 0 Å². The highest BCUT2D eigenvalue weighted by Crippen LogP contribution is 2.54. The minimum atomic E-state index is -0.472. The van der Waals surface area contributed by atoms with E-state index in [2.05, 4.69) is 20.8 Å². The molecule has 0 aliphatic heterocycles. The standard InChI is InChI=1S/C16H31NO/c1-14(2,3)13-6-10-16(18,11-7-13)15(12-17)8-4-5-9-15/h13,18H,4-12,17H2,1-3H3. The average molecular weight is 253 g/mol. The second kappa shape index (κ2) is 4.79. The molecule has 0 radical (unpaired) electrons. The lowest BCUT2D eigenvalue weighted by Crippen LogP contribution is -2.53. The molecule has 0 aromatic rings. The molecular weight excluding hydrogens is 222 g/mol. The van der Waals surface area contributed by atoms with Gasteiger partial charge in [-0.1, -0.05) is 33.6 Å². The molecule has 2 nitrogen and oxygen atoms in total. The summed E-state index contributed by atoms with van der Waals surface area (Å²) in [6, 6.07) is 0. The summed E-state index contributed by atoms with van der Waals surface area (Å²) in [7, 11) is 0. The van der Waals surface area contributed by atoms with Crippen molar-refractivity contribution in [2.75, 3.05) is 6.54 Å². The van der Waals surface area contributed by atoms with E-state index in [0.717, 1.165) is 31.6 Å². The minimum Gasteiger partial charge on any atom is -0.389 e. The molecule has 0 bridgehead atoms. The lowest BCUT2D eigenvalue weighted by Gasteiger charge is -2.50. The van der Waals surface area contributed by atoms with E-state index in [1.165, 1.54) is 25.7 Å². The molecule has 0 heterocycles. The predicted octanol–water partition coefficient (Wildman–Crippen LogP) is 3.47. The Bertz CT molecular complexity index is 278. The molecule has 18 heavy (non-hydrogen) atoms. The molecule has 2 heteroatoms. The number of hydrogen-bond acceptors (Lipinski definition) is 2. The van der Waals surface area contributed by atoms with Crippen LogP contribution in [0.5, 0.6) is 0 Å². The van der Waals surface area contributed by atoms with E-state index >= 15 is 0 Å². The number of hydrogen-bond donors (Lipinski definition) is 2. The molecule has 2 saturated carbocycles. The third-order valence-electron chi connectivity index (χ3n) is 5.98. The van der Waals surface area contributed by atoms with Crippen LogP contribution in [0.1, 0.15) is 72.1 Å². The summed E-state index contributed by atoms with van der Waals surface area (Å²) in [4.78, 5) is 0. The van der Waals surface area contributed by atoms with Gasteiger partial charge in [0.05, 0.1) is 5.60 Å². The Morgan fingerprint density at radius 3 is 1.94 bits per heavy atom. The first-order chi connectivity index (χ1) is 8.33. The summed E-state index contributed by atoms with van der Waals surface area (Å²) < 4.78 is 0. The van der Waals surface area contributed by atoms with E-state index in [-0.39, 0.29) is 5.41 Å². The Labute approximate surface area is 112 Å². The van der Waals surface area contributed by atoms with Crippen LogP contribution in [0.3, 0.4) is 0 Å². The summed E-state index contributed by atoms with van der Waals surface area (Å²) >= 11 is 0. The Morgan fingerprint density at radius 2 is 1.56 bits per heavy atom. The molecule has 0 amide bonds. The van der Waals surface area contributed by atoms with E-state index < -0.39 is 5.60 Å². The van der Waals surface area contributed by atoms with Crippen LogP contribution in [0.4, 0.5) is 0 Å². The van der Waals surface area contributed by atoms with E-state index in [9.17, 15) is 5.11 Å². The van der Waals surface area contributed by atoms with Crippen molar-refractivity contribution < 1.29 is 5.11 Å². The SMILES string of the molecule is CC(C)(C)C1CCC(O)(C2(CN)CCCC2)CC1. The van der Waals surface area contributed by atoms with Crippen molar-refractivity contribution in [1.29, 1.82) is 0 Å². The molecule has 0 spiro atoms. The van der Waals surface area contributed by atoms with Crippen LogP contribution >= 0.6 is 0 Å². The zero-order valence-electron chi connectivity index (χ0n) is 12.5. The molecule has 0 unspecified atom stereocenters. The van der Waals surface area contributed by atoms with Crippen molar-refractivity contribution in [3.05, 3.63) is 0 Å². The van der Waals surface area contributed by atoms with Crippen LogP contribution in [-0.4, -0.2) is 17.3 Å². The van der Waals surface area contributed by atoms with E-state index in [1.54, 1.807) is 0 Å². The van der Waals surface area contributed by atoms with Crippen molar-refractivity contribution in [2.24, 2.45) is 22.5 Å². The monoisotopic (exact) mass is 253 g/mol. The average Bonchev–Trinajstić information content (AvgIpc) is 2.78. The Hall–Kier alpha value is -0.0800. The number of nitrogens with two attached hydrogens (primary N) is 1. The molecule has 2 fully saturated rings. The summed E-state index contributed by atoms with van der Waals surface area (Å²) in [6.45, 7) is 7.66. The van der Waals surface area contributed by atoms with E-state index in [0.29, 0.717) is 12.0 Å². The van der Waals surface area contributed by atoms with Gasteiger partial charge in [-0.3, -0.25) is 0 Å². The van der Waals surface area contributed by atoms with Crippen molar-refractivity contribution in [2.45, 2.75) is 77.7 Å². The van der Waals surface area contributed by atoms with E-state index in [4.69, 9.17) is 5.73 Å². The van der Waals surface area contributed by atoms with Gasteiger partial charge in [0, 0.05) is 12.0 Å². The van der Waals surface area contributed by atoms with Crippen LogP contribution in [0.2, 0.25) is 0 Å². The molecule has 0 aromatic carbocycles. The van der Waals surface area contributed by atoms with Gasteiger partial charge in [0.25, 0.3) is 0 Å². The smallest absolute Gasteiger partial charge is 0.0716 e. The van der Waals surface area contributed by atoms with Crippen molar-refractivity contribution >= 4 is 0 Å². The van der Waals surface area contributed by atoms with Crippen molar-refractivity contribution in [1.82, 2.24) is 0 Å². The van der Waals surface area contributed by atoms with Crippen molar-refractivity contribution in [3.8, 4) is 0 Å². The van der Waals surface area contributed by atoms with Gasteiger partial charge in [-0.25, -0.2) is 0 Å². The second-order valence-electron chi connectivity index (χ2n) is 7.86. The summed E-state index contributed by atoms with van der Waals surface area (Å²) in [5.74, 6) is 0.758. The minimum absolute atomic E-state index is 0.0376. The van der Waals surface area contributed by atoms with Gasteiger partial charge in [-0.05, 0) is 49.9 Å². The van der Waals surface area contributed by atoms with Crippen LogP contribution in [0.15, 0.2) is 0 Å². The van der Waals surface area contributed by atoms with Crippen LogP contribution in [-0.2, 0) is 0 Å². The molecular formula is C16H31NO. The first-order valence-electron chi connectivity index (χ1n) is 7.75. The van der Waals surface area contributed by atoms with Gasteiger partial charge in [-0.2, -0.15) is 0 Å². The Balaban J connectivity index is 2.07. The fraction of sp³-hybridized carbons (Fsp3) is 1.00. The Morgan fingerprint density at radius 1 is 1.06 bits per heavy atom. The largest absolute Gasteiger partial charge is 0.389 e. The van der Waals surface area contributed by atoms with E-state index in [1.807, 2.05) is 0 Å². The zero-order valence-corrected chi connectivity index (χ0v) is 12.5. The fourth-order valence-electron chi connectivity index (χ4n) is 4.40. The number of aliphatic hydroxyl groups is 1. The first-order valence-corrected chi connectivity index (χ1v) is 7.75. The second-order valence-corrected chi connectivity index (χ2v) is 7.86. The maximum Gasteiger partial charge on any atom is 0.0716 e. The highest BCUT2D eigenvalue weighted by molar-refractivity contribution is 5.04. The van der Waals surface area contributed by atoms with Crippen LogP contribution < -0.4 is 5.73 Å². The summed E-state index contributed by atoms with van der Waals surface area (Å²) in [5, 5.41) is 11.1. The van der Waals surface area contributed by atoms with Gasteiger partial charge < -0.3 is 10.8 Å². The third-order valence-corrected chi connectivity index (χ3v) is 5.98. The molecule has 3 N–H and O–H groups in total. The summed E-state index contributed by atoms with van der Waals surface area (Å²) in [6.07, 6.45) is 9.05. The fourth-order valence-corrected chi connectivity index (χ4v) is 4.40. The first kappa shape index (κ1) is 14.3. The normalized spacial score (nSPS) is 36.8. The zero-order chi connectivity index (χ0) is 13.4. The molecule has 0 saturated heterocycles. The van der Waals surface area contributed by atoms with Crippen LogP contribution in [0, 0.1) is 16.7 Å². The highest BCUT2D eigenvalue weighted by Gasteiger charge is 2.52. The number of rotatable bonds is 2. The van der Waals surface area contributed by atoms with Crippen LogP contribution in [0.25, 0.3) is 0 Å². The maximum atomic E-state index is 11.1. The van der Waals surface area contributed by atoms with Gasteiger partial charge in [0.15, 0.2) is 0 Å². The molecule has 106 valence electrons. The molecule has 2 rings (SSSR count). The highest BCUT2D eigenvalue weighted by atomic mass is 16.3.